The first kappa shape index (κ1) is 17.6. The highest BCUT2D eigenvalue weighted by molar-refractivity contribution is 9.10. The predicted octanol–water partition coefficient (Wildman–Crippen LogP) is 6.28. The average molecular weight is 340 g/mol. The van der Waals surface area contributed by atoms with Crippen LogP contribution in [0.5, 0.6) is 0 Å². The maximum absolute atomic E-state index is 3.61. The van der Waals surface area contributed by atoms with Gasteiger partial charge in [-0.15, -0.1) is 0 Å². The smallest absolute Gasteiger partial charge is 0.0373 e. The largest absolute Gasteiger partial charge is 0.385 e. The second-order valence-electron chi connectivity index (χ2n) is 6.55. The molecule has 1 rings (SSSR count). The quantitative estimate of drug-likeness (QED) is 0.522. The van der Waals surface area contributed by atoms with Gasteiger partial charge in [-0.2, -0.15) is 0 Å². The molecule has 0 bridgehead atoms. The summed E-state index contributed by atoms with van der Waals surface area (Å²) >= 11 is 3.59. The van der Waals surface area contributed by atoms with Gasteiger partial charge < -0.3 is 5.32 Å². The van der Waals surface area contributed by atoms with Gasteiger partial charge >= 0.3 is 0 Å². The van der Waals surface area contributed by atoms with Crippen LogP contribution in [-0.4, -0.2) is 6.54 Å². The summed E-state index contributed by atoms with van der Waals surface area (Å²) < 4.78 is 1.18. The zero-order valence-electron chi connectivity index (χ0n) is 13.5. The number of anilines is 1. The molecule has 0 spiro atoms. The summed E-state index contributed by atoms with van der Waals surface area (Å²) in [6.07, 6.45) is 6.30. The third kappa shape index (κ3) is 7.33. The van der Waals surface area contributed by atoms with E-state index in [4.69, 9.17) is 0 Å². The molecular formula is C18H30BrN. The lowest BCUT2D eigenvalue weighted by Crippen LogP contribution is -2.06. The van der Waals surface area contributed by atoms with Crippen molar-refractivity contribution in [2.24, 2.45) is 11.8 Å². The number of halogens is 1. The molecule has 114 valence electrons. The molecule has 1 nitrogen and oxygen atoms in total. The normalized spacial score (nSPS) is 11.3. The van der Waals surface area contributed by atoms with Crippen molar-refractivity contribution in [3.8, 4) is 0 Å². The number of nitrogens with one attached hydrogen (secondary N) is 1. The fraction of sp³-hybridized carbons (Fsp3) is 0.667. The van der Waals surface area contributed by atoms with Crippen molar-refractivity contribution < 1.29 is 0 Å². The Morgan fingerprint density at radius 3 is 2.30 bits per heavy atom. The molecule has 0 aliphatic rings. The van der Waals surface area contributed by atoms with E-state index in [1.54, 1.807) is 0 Å². The van der Waals surface area contributed by atoms with E-state index in [0.29, 0.717) is 0 Å². The highest BCUT2D eigenvalue weighted by atomic mass is 79.9. The molecule has 0 radical (unpaired) electrons. The van der Waals surface area contributed by atoms with Crippen LogP contribution in [0.25, 0.3) is 0 Å². The average Bonchev–Trinajstić information content (AvgIpc) is 2.36. The van der Waals surface area contributed by atoms with Crippen LogP contribution >= 0.6 is 15.9 Å². The van der Waals surface area contributed by atoms with Gasteiger partial charge in [-0.05, 0) is 61.3 Å². The van der Waals surface area contributed by atoms with E-state index in [0.717, 1.165) is 18.4 Å². The molecule has 0 saturated carbocycles. The zero-order valence-corrected chi connectivity index (χ0v) is 15.1. The van der Waals surface area contributed by atoms with E-state index in [2.05, 4.69) is 67.1 Å². The van der Waals surface area contributed by atoms with Gasteiger partial charge in [-0.1, -0.05) is 50.0 Å². The molecule has 0 fully saturated rings. The first-order chi connectivity index (χ1) is 9.49. The number of benzene rings is 1. The van der Waals surface area contributed by atoms with Crippen LogP contribution in [0.3, 0.4) is 0 Å². The Morgan fingerprint density at radius 1 is 1.00 bits per heavy atom. The van der Waals surface area contributed by atoms with Crippen molar-refractivity contribution in [2.75, 3.05) is 11.9 Å². The van der Waals surface area contributed by atoms with E-state index in [-0.39, 0.29) is 0 Å². The minimum absolute atomic E-state index is 0.796. The zero-order chi connectivity index (χ0) is 15.0. The standard InChI is InChI=1S/C18H30BrN/c1-14(2)7-5-9-16-13-17(19)10-11-18(16)20-12-6-8-15(3)4/h10-11,13-15,20H,5-9,12H2,1-4H3. The molecule has 0 heterocycles. The van der Waals surface area contributed by atoms with Crippen molar-refractivity contribution in [3.63, 3.8) is 0 Å². The van der Waals surface area contributed by atoms with Crippen LogP contribution in [0, 0.1) is 11.8 Å². The highest BCUT2D eigenvalue weighted by Gasteiger charge is 2.04. The van der Waals surface area contributed by atoms with Gasteiger partial charge in [-0.25, -0.2) is 0 Å². The Hall–Kier alpha value is -0.500. The molecule has 0 unspecified atom stereocenters. The van der Waals surface area contributed by atoms with Crippen molar-refractivity contribution in [1.82, 2.24) is 0 Å². The van der Waals surface area contributed by atoms with Crippen molar-refractivity contribution in [2.45, 2.75) is 59.8 Å². The van der Waals surface area contributed by atoms with Crippen LogP contribution in [0.4, 0.5) is 5.69 Å². The molecule has 20 heavy (non-hydrogen) atoms. The van der Waals surface area contributed by atoms with E-state index in [9.17, 15) is 0 Å². The van der Waals surface area contributed by atoms with Crippen molar-refractivity contribution in [1.29, 1.82) is 0 Å². The molecule has 0 aliphatic heterocycles. The predicted molar refractivity (Wildman–Crippen MR) is 94.5 cm³/mol. The molecule has 1 aromatic carbocycles. The highest BCUT2D eigenvalue weighted by Crippen LogP contribution is 2.23. The maximum atomic E-state index is 3.61. The molecule has 0 aromatic heterocycles. The molecule has 1 aromatic rings. The molecule has 0 amide bonds. The Kier molecular flexibility index (Phi) is 8.28. The van der Waals surface area contributed by atoms with E-state index in [1.165, 1.54) is 47.8 Å². The Bertz CT molecular complexity index is 385. The van der Waals surface area contributed by atoms with Crippen LogP contribution in [-0.2, 0) is 6.42 Å². The van der Waals surface area contributed by atoms with E-state index in [1.807, 2.05) is 0 Å². The number of rotatable bonds is 9. The number of hydrogen-bond donors (Lipinski definition) is 1. The second kappa shape index (κ2) is 9.44. The molecule has 0 aliphatic carbocycles. The SMILES string of the molecule is CC(C)CCCNc1ccc(Br)cc1CCCC(C)C. The molecule has 2 heteroatoms. The lowest BCUT2D eigenvalue weighted by Gasteiger charge is -2.14. The number of hydrogen-bond acceptors (Lipinski definition) is 1. The Labute approximate surface area is 133 Å². The van der Waals surface area contributed by atoms with E-state index >= 15 is 0 Å². The summed E-state index contributed by atoms with van der Waals surface area (Å²) in [6, 6.07) is 6.62. The fourth-order valence-corrected chi connectivity index (χ4v) is 2.78. The van der Waals surface area contributed by atoms with Crippen LogP contribution in [0.1, 0.15) is 58.9 Å². The first-order valence-electron chi connectivity index (χ1n) is 8.01. The molecule has 0 atom stereocenters. The van der Waals surface area contributed by atoms with Gasteiger partial charge in [0.1, 0.15) is 0 Å². The van der Waals surface area contributed by atoms with Crippen LogP contribution in [0.15, 0.2) is 22.7 Å². The second-order valence-corrected chi connectivity index (χ2v) is 7.47. The summed E-state index contributed by atoms with van der Waals surface area (Å²) in [5, 5.41) is 3.61. The molecule has 0 saturated heterocycles. The van der Waals surface area contributed by atoms with Gasteiger partial charge in [-0.3, -0.25) is 0 Å². The minimum Gasteiger partial charge on any atom is -0.385 e. The van der Waals surface area contributed by atoms with Crippen molar-refractivity contribution >= 4 is 21.6 Å². The summed E-state index contributed by atoms with van der Waals surface area (Å²) in [7, 11) is 0. The van der Waals surface area contributed by atoms with Gasteiger partial charge in [0.2, 0.25) is 0 Å². The summed E-state index contributed by atoms with van der Waals surface area (Å²) in [4.78, 5) is 0. The van der Waals surface area contributed by atoms with Gasteiger partial charge in [0.05, 0.1) is 0 Å². The van der Waals surface area contributed by atoms with Crippen LogP contribution < -0.4 is 5.32 Å². The Balaban J connectivity index is 2.51. The molecule has 1 N–H and O–H groups in total. The van der Waals surface area contributed by atoms with Gasteiger partial charge in [0.15, 0.2) is 0 Å². The van der Waals surface area contributed by atoms with Crippen LogP contribution in [0.2, 0.25) is 0 Å². The summed E-state index contributed by atoms with van der Waals surface area (Å²) in [5.74, 6) is 1.59. The summed E-state index contributed by atoms with van der Waals surface area (Å²) in [5.41, 5.74) is 2.77. The maximum Gasteiger partial charge on any atom is 0.0373 e. The van der Waals surface area contributed by atoms with Gasteiger partial charge in [0, 0.05) is 16.7 Å². The minimum atomic E-state index is 0.796. The Morgan fingerprint density at radius 2 is 1.65 bits per heavy atom. The van der Waals surface area contributed by atoms with Gasteiger partial charge in [0.25, 0.3) is 0 Å². The topological polar surface area (TPSA) is 12.0 Å². The fourth-order valence-electron chi connectivity index (χ4n) is 2.38. The third-order valence-electron chi connectivity index (χ3n) is 3.57. The lowest BCUT2D eigenvalue weighted by atomic mass is 10.0. The lowest BCUT2D eigenvalue weighted by molar-refractivity contribution is 0.555. The molecular weight excluding hydrogens is 310 g/mol. The third-order valence-corrected chi connectivity index (χ3v) is 4.06. The van der Waals surface area contributed by atoms with Crippen molar-refractivity contribution in [3.05, 3.63) is 28.2 Å². The number of aryl methyl sites for hydroxylation is 1. The van der Waals surface area contributed by atoms with E-state index < -0.39 is 0 Å². The summed E-state index contributed by atoms with van der Waals surface area (Å²) in [6.45, 7) is 10.3. The first-order valence-corrected chi connectivity index (χ1v) is 8.80. The monoisotopic (exact) mass is 339 g/mol.